The first-order valence-corrected chi connectivity index (χ1v) is 4.65. The number of nitrogens with one attached hydrogen (secondary N) is 1. The van der Waals surface area contributed by atoms with Crippen LogP contribution in [0.5, 0.6) is 11.5 Å². The number of benzene rings is 1. The number of epoxide rings is 1. The molecule has 2 heterocycles. The van der Waals surface area contributed by atoms with Crippen molar-refractivity contribution in [3.05, 3.63) is 17.7 Å². The summed E-state index contributed by atoms with van der Waals surface area (Å²) >= 11 is 0. The van der Waals surface area contributed by atoms with Crippen molar-refractivity contribution in [2.24, 2.45) is 0 Å². The molecule has 1 amide bonds. The van der Waals surface area contributed by atoms with Crippen molar-refractivity contribution in [1.29, 1.82) is 0 Å². The van der Waals surface area contributed by atoms with Crippen LogP contribution in [0.1, 0.15) is 11.7 Å². The van der Waals surface area contributed by atoms with E-state index < -0.39 is 0 Å². The molecule has 0 bridgehead atoms. The predicted octanol–water partition coefficient (Wildman–Crippen LogP) is 0.794. The molecule has 1 aromatic rings. The maximum absolute atomic E-state index is 11.1. The van der Waals surface area contributed by atoms with E-state index in [1.165, 1.54) is 6.07 Å². The molecule has 1 fully saturated rings. The van der Waals surface area contributed by atoms with E-state index in [-0.39, 0.29) is 24.4 Å². The van der Waals surface area contributed by atoms with Gasteiger partial charge in [0, 0.05) is 11.6 Å². The molecular formula is C10H9NO4. The van der Waals surface area contributed by atoms with Crippen LogP contribution in [0.15, 0.2) is 12.1 Å². The van der Waals surface area contributed by atoms with Crippen molar-refractivity contribution in [3.63, 3.8) is 0 Å². The smallest absolute Gasteiger partial charge is 0.262 e. The summed E-state index contributed by atoms with van der Waals surface area (Å²) < 4.78 is 10.5. The van der Waals surface area contributed by atoms with Crippen LogP contribution < -0.4 is 10.1 Å². The lowest BCUT2D eigenvalue weighted by atomic mass is 10.1. The highest BCUT2D eigenvalue weighted by molar-refractivity contribution is 5.96. The Labute approximate surface area is 85.6 Å². The van der Waals surface area contributed by atoms with Gasteiger partial charge in [0.25, 0.3) is 5.91 Å². The van der Waals surface area contributed by atoms with Gasteiger partial charge in [-0.15, -0.1) is 0 Å². The number of fused-ring (bicyclic) bond motifs is 1. The van der Waals surface area contributed by atoms with Gasteiger partial charge in [-0.3, -0.25) is 4.79 Å². The summed E-state index contributed by atoms with van der Waals surface area (Å²) in [6, 6.07) is 3.08. The minimum absolute atomic E-state index is 0.0114. The van der Waals surface area contributed by atoms with Crippen LogP contribution in [-0.2, 0) is 9.53 Å². The van der Waals surface area contributed by atoms with Crippen LogP contribution in [0.25, 0.3) is 0 Å². The van der Waals surface area contributed by atoms with Crippen LogP contribution in [0, 0.1) is 0 Å². The van der Waals surface area contributed by atoms with E-state index >= 15 is 0 Å². The van der Waals surface area contributed by atoms with Gasteiger partial charge in [0.2, 0.25) is 0 Å². The normalized spacial score (nSPS) is 22.7. The SMILES string of the molecule is O=C1COc2c(cc(O)cc2[C@@H]2CO2)N1. The third-order valence-electron chi connectivity index (χ3n) is 2.40. The van der Waals surface area contributed by atoms with E-state index in [2.05, 4.69) is 5.32 Å². The molecule has 3 rings (SSSR count). The van der Waals surface area contributed by atoms with Crippen LogP contribution in [-0.4, -0.2) is 24.2 Å². The molecule has 5 nitrogen and oxygen atoms in total. The molecule has 2 aliphatic heterocycles. The highest BCUT2D eigenvalue weighted by Crippen LogP contribution is 2.43. The number of phenols is 1. The Morgan fingerprint density at radius 2 is 2.27 bits per heavy atom. The number of hydrogen-bond acceptors (Lipinski definition) is 4. The van der Waals surface area contributed by atoms with Gasteiger partial charge in [-0.1, -0.05) is 0 Å². The minimum atomic E-state index is -0.212. The van der Waals surface area contributed by atoms with Crippen molar-refractivity contribution in [3.8, 4) is 11.5 Å². The molecule has 15 heavy (non-hydrogen) atoms. The van der Waals surface area contributed by atoms with Crippen molar-refractivity contribution in [2.75, 3.05) is 18.5 Å². The predicted molar refractivity (Wildman–Crippen MR) is 50.9 cm³/mol. The summed E-state index contributed by atoms with van der Waals surface area (Å²) in [5.74, 6) is 0.496. The van der Waals surface area contributed by atoms with Crippen molar-refractivity contribution in [2.45, 2.75) is 6.10 Å². The third-order valence-corrected chi connectivity index (χ3v) is 2.40. The van der Waals surface area contributed by atoms with Crippen molar-refractivity contribution < 1.29 is 19.4 Å². The molecule has 0 aliphatic carbocycles. The van der Waals surface area contributed by atoms with Gasteiger partial charge in [-0.2, -0.15) is 0 Å². The Bertz CT molecular complexity index is 439. The largest absolute Gasteiger partial charge is 0.508 e. The molecule has 1 aromatic carbocycles. The number of carbonyl (C=O) groups excluding carboxylic acids is 1. The standard InChI is InChI=1S/C10H9NO4/c12-5-1-6(8-3-14-8)10-7(2-5)11-9(13)4-15-10/h1-2,8,12H,3-4H2,(H,11,13)/t8-/m0/s1. The number of rotatable bonds is 1. The topological polar surface area (TPSA) is 71.1 Å². The molecule has 0 aromatic heterocycles. The first-order chi connectivity index (χ1) is 7.24. The number of aromatic hydroxyl groups is 1. The minimum Gasteiger partial charge on any atom is -0.508 e. The second kappa shape index (κ2) is 2.87. The highest BCUT2D eigenvalue weighted by atomic mass is 16.6. The summed E-state index contributed by atoms with van der Waals surface area (Å²) in [6.45, 7) is 0.644. The Kier molecular flexibility index (Phi) is 1.63. The van der Waals surface area contributed by atoms with Gasteiger partial charge >= 0.3 is 0 Å². The summed E-state index contributed by atoms with van der Waals surface area (Å²) in [5.41, 5.74) is 1.31. The molecule has 1 atom stereocenters. The number of anilines is 1. The second-order valence-corrected chi connectivity index (χ2v) is 3.57. The first kappa shape index (κ1) is 8.55. The van der Waals surface area contributed by atoms with E-state index in [1.807, 2.05) is 0 Å². The summed E-state index contributed by atoms with van der Waals surface area (Å²) in [7, 11) is 0. The molecule has 0 spiro atoms. The molecule has 1 saturated heterocycles. The maximum atomic E-state index is 11.1. The zero-order valence-corrected chi connectivity index (χ0v) is 7.82. The van der Waals surface area contributed by atoms with E-state index in [0.717, 1.165) is 5.56 Å². The van der Waals surface area contributed by atoms with Crippen molar-refractivity contribution in [1.82, 2.24) is 0 Å². The van der Waals surface area contributed by atoms with Crippen molar-refractivity contribution >= 4 is 11.6 Å². The molecule has 2 N–H and O–H groups in total. The molecule has 0 unspecified atom stereocenters. The zero-order valence-electron chi connectivity index (χ0n) is 7.82. The average Bonchev–Trinajstić information content (AvgIpc) is 2.98. The fraction of sp³-hybridized carbons (Fsp3) is 0.300. The molecule has 2 aliphatic rings. The Balaban J connectivity index is 2.11. The number of phenolic OH excluding ortho intramolecular Hbond substituents is 1. The molecule has 0 saturated carbocycles. The number of carbonyl (C=O) groups is 1. The average molecular weight is 207 g/mol. The fourth-order valence-electron chi connectivity index (χ4n) is 1.68. The Hall–Kier alpha value is -1.75. The lowest BCUT2D eigenvalue weighted by Crippen LogP contribution is -2.26. The number of amides is 1. The van der Waals surface area contributed by atoms with E-state index in [0.29, 0.717) is 18.0 Å². The zero-order chi connectivity index (χ0) is 10.4. The second-order valence-electron chi connectivity index (χ2n) is 3.57. The first-order valence-electron chi connectivity index (χ1n) is 4.65. The monoisotopic (exact) mass is 207 g/mol. The molecule has 5 heteroatoms. The van der Waals surface area contributed by atoms with Crippen LogP contribution >= 0.6 is 0 Å². The van der Waals surface area contributed by atoms with Gasteiger partial charge in [0.15, 0.2) is 6.61 Å². The molecule has 0 radical (unpaired) electrons. The lowest BCUT2D eigenvalue weighted by molar-refractivity contribution is -0.118. The van der Waals surface area contributed by atoms with Gasteiger partial charge in [0.1, 0.15) is 17.6 Å². The Morgan fingerprint density at radius 3 is 3.00 bits per heavy atom. The highest BCUT2D eigenvalue weighted by Gasteiger charge is 2.32. The van der Waals surface area contributed by atoms with Gasteiger partial charge in [-0.25, -0.2) is 0 Å². The van der Waals surface area contributed by atoms with E-state index in [9.17, 15) is 9.90 Å². The summed E-state index contributed by atoms with van der Waals surface area (Å²) in [6.07, 6.45) is -0.0131. The third kappa shape index (κ3) is 1.41. The van der Waals surface area contributed by atoms with Gasteiger partial charge < -0.3 is 19.9 Å². The van der Waals surface area contributed by atoms with E-state index in [1.54, 1.807) is 6.07 Å². The van der Waals surface area contributed by atoms with Crippen LogP contribution in [0.2, 0.25) is 0 Å². The van der Waals surface area contributed by atoms with Gasteiger partial charge in [-0.05, 0) is 6.07 Å². The number of hydrogen-bond donors (Lipinski definition) is 2. The molecule has 78 valence electrons. The number of ether oxygens (including phenoxy) is 2. The fourth-order valence-corrected chi connectivity index (χ4v) is 1.68. The maximum Gasteiger partial charge on any atom is 0.262 e. The van der Waals surface area contributed by atoms with Crippen LogP contribution in [0.3, 0.4) is 0 Å². The van der Waals surface area contributed by atoms with Crippen LogP contribution in [0.4, 0.5) is 5.69 Å². The quantitative estimate of drug-likeness (QED) is 0.668. The van der Waals surface area contributed by atoms with E-state index in [4.69, 9.17) is 9.47 Å². The lowest BCUT2D eigenvalue weighted by Gasteiger charge is -2.20. The Morgan fingerprint density at radius 1 is 1.47 bits per heavy atom. The summed E-state index contributed by atoms with van der Waals surface area (Å²) in [4.78, 5) is 11.1. The summed E-state index contributed by atoms with van der Waals surface area (Å²) in [5, 5.41) is 12.1. The van der Waals surface area contributed by atoms with Gasteiger partial charge in [0.05, 0.1) is 12.3 Å². The molecular weight excluding hydrogens is 198 g/mol.